The van der Waals surface area contributed by atoms with Crippen molar-refractivity contribution in [2.75, 3.05) is 32.7 Å². The molecule has 0 aliphatic carbocycles. The van der Waals surface area contributed by atoms with E-state index >= 15 is 0 Å². The SMILES string of the molecule is CC(C)(C)NS(=O)(=O)c1ccc(OC(C)(C)CCN2CCNCC2)cc1. The number of hydrogen-bond donors (Lipinski definition) is 2. The third kappa shape index (κ3) is 6.87. The van der Waals surface area contributed by atoms with Crippen molar-refractivity contribution in [1.82, 2.24) is 14.9 Å². The van der Waals surface area contributed by atoms with Gasteiger partial charge in [-0.1, -0.05) is 0 Å². The maximum absolute atomic E-state index is 12.4. The molecule has 1 aromatic carbocycles. The van der Waals surface area contributed by atoms with Crippen molar-refractivity contribution in [3.05, 3.63) is 24.3 Å². The molecule has 7 heteroatoms. The van der Waals surface area contributed by atoms with Gasteiger partial charge < -0.3 is 15.0 Å². The molecule has 1 saturated heterocycles. The third-order valence-corrected chi connectivity index (χ3v) is 5.98. The standard InChI is InChI=1S/C19H33N3O3S/c1-18(2,3)21-26(23,24)17-8-6-16(7-9-17)25-19(4,5)10-13-22-14-11-20-12-15-22/h6-9,20-21H,10-15H2,1-5H3. The fourth-order valence-corrected chi connectivity index (χ4v) is 4.30. The summed E-state index contributed by atoms with van der Waals surface area (Å²) >= 11 is 0. The zero-order valence-corrected chi connectivity index (χ0v) is 17.4. The summed E-state index contributed by atoms with van der Waals surface area (Å²) in [6, 6.07) is 6.64. The molecule has 26 heavy (non-hydrogen) atoms. The molecule has 1 fully saturated rings. The van der Waals surface area contributed by atoms with Crippen LogP contribution in [0.3, 0.4) is 0 Å². The first kappa shape index (κ1) is 21.2. The van der Waals surface area contributed by atoms with E-state index in [0.29, 0.717) is 5.75 Å². The molecule has 0 amide bonds. The Bertz CT molecular complexity index is 673. The smallest absolute Gasteiger partial charge is 0.241 e. The van der Waals surface area contributed by atoms with Gasteiger partial charge >= 0.3 is 0 Å². The maximum Gasteiger partial charge on any atom is 0.241 e. The van der Waals surface area contributed by atoms with Crippen LogP contribution in [0.1, 0.15) is 41.0 Å². The van der Waals surface area contributed by atoms with Gasteiger partial charge in [0, 0.05) is 38.3 Å². The fourth-order valence-electron chi connectivity index (χ4n) is 2.88. The van der Waals surface area contributed by atoms with Crippen LogP contribution in [0.5, 0.6) is 5.75 Å². The van der Waals surface area contributed by atoms with E-state index in [2.05, 4.69) is 28.8 Å². The lowest BCUT2D eigenvalue weighted by molar-refractivity contribution is 0.0808. The Hall–Kier alpha value is -1.15. The van der Waals surface area contributed by atoms with Gasteiger partial charge in [-0.2, -0.15) is 0 Å². The maximum atomic E-state index is 12.4. The van der Waals surface area contributed by atoms with Gasteiger partial charge in [-0.05, 0) is 65.3 Å². The molecular weight excluding hydrogens is 350 g/mol. The second-order valence-electron chi connectivity index (χ2n) is 8.53. The van der Waals surface area contributed by atoms with Gasteiger partial charge in [0.1, 0.15) is 11.4 Å². The lowest BCUT2D eigenvalue weighted by Gasteiger charge is -2.32. The Kier molecular flexibility index (Phi) is 6.71. The number of ether oxygens (including phenoxy) is 1. The first-order valence-corrected chi connectivity index (χ1v) is 10.7. The number of piperazine rings is 1. The van der Waals surface area contributed by atoms with Crippen molar-refractivity contribution >= 4 is 10.0 Å². The van der Waals surface area contributed by atoms with E-state index in [-0.39, 0.29) is 10.5 Å². The van der Waals surface area contributed by atoms with E-state index in [1.165, 1.54) is 0 Å². The second kappa shape index (κ2) is 8.25. The van der Waals surface area contributed by atoms with Crippen molar-refractivity contribution in [3.63, 3.8) is 0 Å². The molecule has 6 nitrogen and oxygen atoms in total. The topological polar surface area (TPSA) is 70.7 Å². The summed E-state index contributed by atoms with van der Waals surface area (Å²) in [5.74, 6) is 0.685. The van der Waals surface area contributed by atoms with Crippen LogP contribution in [-0.2, 0) is 10.0 Å². The highest BCUT2D eigenvalue weighted by molar-refractivity contribution is 7.89. The molecule has 148 valence electrons. The van der Waals surface area contributed by atoms with Gasteiger partial charge in [-0.15, -0.1) is 0 Å². The fraction of sp³-hybridized carbons (Fsp3) is 0.684. The minimum Gasteiger partial charge on any atom is -0.488 e. The summed E-state index contributed by atoms with van der Waals surface area (Å²) < 4.78 is 33.5. The van der Waals surface area contributed by atoms with Crippen LogP contribution in [0.15, 0.2) is 29.2 Å². The van der Waals surface area contributed by atoms with Gasteiger partial charge in [0.15, 0.2) is 0 Å². The van der Waals surface area contributed by atoms with Gasteiger partial charge in [0.05, 0.1) is 4.90 Å². The van der Waals surface area contributed by atoms with Crippen molar-refractivity contribution < 1.29 is 13.2 Å². The van der Waals surface area contributed by atoms with E-state index in [9.17, 15) is 8.42 Å². The van der Waals surface area contributed by atoms with Crippen LogP contribution in [0.4, 0.5) is 0 Å². The molecule has 1 aliphatic heterocycles. The van der Waals surface area contributed by atoms with Crippen molar-refractivity contribution in [1.29, 1.82) is 0 Å². The molecule has 1 heterocycles. The van der Waals surface area contributed by atoms with Gasteiger partial charge in [-0.3, -0.25) is 0 Å². The minimum atomic E-state index is -3.52. The Labute approximate surface area is 158 Å². The average Bonchev–Trinajstić information content (AvgIpc) is 2.52. The monoisotopic (exact) mass is 383 g/mol. The molecule has 0 spiro atoms. The predicted molar refractivity (Wildman–Crippen MR) is 105 cm³/mol. The molecule has 2 rings (SSSR count). The van der Waals surface area contributed by atoms with Crippen molar-refractivity contribution in [3.8, 4) is 5.75 Å². The quantitative estimate of drug-likeness (QED) is 0.755. The van der Waals surface area contributed by atoms with Gasteiger partial charge in [0.25, 0.3) is 0 Å². The van der Waals surface area contributed by atoms with E-state index in [4.69, 9.17) is 4.74 Å². The highest BCUT2D eigenvalue weighted by atomic mass is 32.2. The van der Waals surface area contributed by atoms with E-state index in [1.807, 2.05) is 20.8 Å². The molecule has 1 aromatic rings. The Morgan fingerprint density at radius 3 is 2.19 bits per heavy atom. The Balaban J connectivity index is 1.94. The molecule has 0 aromatic heterocycles. The van der Waals surface area contributed by atoms with Crippen LogP contribution in [0.25, 0.3) is 0 Å². The van der Waals surface area contributed by atoms with Crippen molar-refractivity contribution in [2.45, 2.75) is 57.1 Å². The molecule has 0 bridgehead atoms. The largest absolute Gasteiger partial charge is 0.488 e. The minimum absolute atomic E-state index is 0.249. The van der Waals surface area contributed by atoms with Crippen molar-refractivity contribution in [2.24, 2.45) is 0 Å². The average molecular weight is 384 g/mol. The zero-order chi connectivity index (χ0) is 19.4. The summed E-state index contributed by atoms with van der Waals surface area (Å²) in [6.45, 7) is 14.8. The highest BCUT2D eigenvalue weighted by Crippen LogP contribution is 2.23. The van der Waals surface area contributed by atoms with Crippen LogP contribution in [0, 0.1) is 0 Å². The van der Waals surface area contributed by atoms with Crippen LogP contribution in [0.2, 0.25) is 0 Å². The van der Waals surface area contributed by atoms with Crippen LogP contribution < -0.4 is 14.8 Å². The summed E-state index contributed by atoms with van der Waals surface area (Å²) in [4.78, 5) is 2.69. The van der Waals surface area contributed by atoms with Gasteiger partial charge in [-0.25, -0.2) is 13.1 Å². The Morgan fingerprint density at radius 1 is 1.08 bits per heavy atom. The van der Waals surface area contributed by atoms with E-state index in [0.717, 1.165) is 39.1 Å². The molecule has 0 atom stereocenters. The van der Waals surface area contributed by atoms with E-state index < -0.39 is 15.6 Å². The molecular formula is C19H33N3O3S. The molecule has 2 N–H and O–H groups in total. The highest BCUT2D eigenvalue weighted by Gasteiger charge is 2.24. The van der Waals surface area contributed by atoms with E-state index in [1.54, 1.807) is 24.3 Å². The Morgan fingerprint density at radius 2 is 1.65 bits per heavy atom. The molecule has 1 aliphatic rings. The van der Waals surface area contributed by atoms with Crippen LogP contribution >= 0.6 is 0 Å². The zero-order valence-electron chi connectivity index (χ0n) is 16.6. The normalized spacial score (nSPS) is 17.3. The first-order valence-electron chi connectivity index (χ1n) is 9.23. The van der Waals surface area contributed by atoms with Crippen LogP contribution in [-0.4, -0.2) is 57.2 Å². The second-order valence-corrected chi connectivity index (χ2v) is 10.2. The molecule has 0 radical (unpaired) electrons. The number of nitrogens with one attached hydrogen (secondary N) is 2. The number of rotatable bonds is 7. The first-order chi connectivity index (χ1) is 12.0. The molecule has 0 unspecified atom stereocenters. The summed E-state index contributed by atoms with van der Waals surface area (Å²) in [5, 5.41) is 3.36. The van der Waals surface area contributed by atoms with Gasteiger partial charge in [0.2, 0.25) is 10.0 Å². The molecule has 0 saturated carbocycles. The lowest BCUT2D eigenvalue weighted by atomic mass is 10.0. The summed E-state index contributed by atoms with van der Waals surface area (Å²) in [6.07, 6.45) is 0.915. The number of sulfonamides is 1. The number of benzene rings is 1. The lowest BCUT2D eigenvalue weighted by Crippen LogP contribution is -2.45. The predicted octanol–water partition coefficient (Wildman–Crippen LogP) is 2.22. The summed E-state index contributed by atoms with van der Waals surface area (Å²) in [7, 11) is -3.52. The number of nitrogens with zero attached hydrogens (tertiary/aromatic N) is 1. The summed E-state index contributed by atoms with van der Waals surface area (Å²) in [5.41, 5.74) is -0.825. The number of hydrogen-bond acceptors (Lipinski definition) is 5. The third-order valence-electron chi connectivity index (χ3n) is 4.21.